The van der Waals surface area contributed by atoms with Gasteiger partial charge in [-0.25, -0.2) is 4.39 Å². The van der Waals surface area contributed by atoms with E-state index in [1.807, 2.05) is 34.9 Å². The minimum atomic E-state index is -0.722. The van der Waals surface area contributed by atoms with Crippen LogP contribution in [0.5, 0.6) is 0 Å². The van der Waals surface area contributed by atoms with Crippen LogP contribution in [0.15, 0.2) is 77.9 Å². The van der Waals surface area contributed by atoms with Crippen LogP contribution in [-0.2, 0) is 6.54 Å². The quantitative estimate of drug-likeness (QED) is 0.248. The van der Waals surface area contributed by atoms with Crippen molar-refractivity contribution in [1.82, 2.24) is 4.57 Å². The standard InChI is InChI=1S/C22H16FN5O4/c23-19-7-3-1-6-16(19)14-26-18(11-15-5-2-4-8-21(15)26)13-24-25-20-10-9-17(27(29)30)12-22(20)28(31)32/h1-13,25H,14H2/b24-13+. The average molecular weight is 433 g/mol. The van der Waals surface area contributed by atoms with E-state index in [0.717, 1.165) is 23.0 Å². The highest BCUT2D eigenvalue weighted by atomic mass is 19.1. The number of halogens is 1. The second-order valence-electron chi connectivity index (χ2n) is 6.89. The number of nitrogens with one attached hydrogen (secondary N) is 1. The highest BCUT2D eigenvalue weighted by molar-refractivity contribution is 5.91. The fraction of sp³-hybridized carbons (Fsp3) is 0.0455. The highest BCUT2D eigenvalue weighted by Crippen LogP contribution is 2.29. The number of non-ortho nitro benzene ring substituents is 1. The molecule has 0 aliphatic carbocycles. The lowest BCUT2D eigenvalue weighted by molar-refractivity contribution is -0.393. The lowest BCUT2D eigenvalue weighted by Gasteiger charge is -2.09. The molecule has 32 heavy (non-hydrogen) atoms. The van der Waals surface area contributed by atoms with Gasteiger partial charge in [0.1, 0.15) is 11.5 Å². The number of nitrogens with zero attached hydrogens (tertiary/aromatic N) is 4. The fourth-order valence-electron chi connectivity index (χ4n) is 3.36. The zero-order valence-electron chi connectivity index (χ0n) is 16.5. The molecule has 0 amide bonds. The van der Waals surface area contributed by atoms with Crippen molar-refractivity contribution < 1.29 is 14.2 Å². The van der Waals surface area contributed by atoms with Gasteiger partial charge in [-0.15, -0.1) is 0 Å². The van der Waals surface area contributed by atoms with Gasteiger partial charge in [-0.3, -0.25) is 25.7 Å². The zero-order chi connectivity index (χ0) is 22.7. The minimum Gasteiger partial charge on any atom is -0.335 e. The normalized spacial score (nSPS) is 11.2. The number of rotatable bonds is 7. The predicted molar refractivity (Wildman–Crippen MR) is 118 cm³/mol. The minimum absolute atomic E-state index is 0.00798. The number of hydrogen-bond donors (Lipinski definition) is 1. The summed E-state index contributed by atoms with van der Waals surface area (Å²) >= 11 is 0. The molecular formula is C22H16FN5O4. The lowest BCUT2D eigenvalue weighted by Crippen LogP contribution is -2.06. The topological polar surface area (TPSA) is 116 Å². The molecule has 0 saturated heterocycles. The van der Waals surface area contributed by atoms with Crippen LogP contribution < -0.4 is 5.43 Å². The largest absolute Gasteiger partial charge is 0.335 e. The van der Waals surface area contributed by atoms with Crippen LogP contribution in [0.3, 0.4) is 0 Å². The van der Waals surface area contributed by atoms with Gasteiger partial charge in [0.15, 0.2) is 0 Å². The zero-order valence-corrected chi connectivity index (χ0v) is 16.5. The second-order valence-corrected chi connectivity index (χ2v) is 6.89. The number of benzene rings is 3. The molecule has 160 valence electrons. The summed E-state index contributed by atoms with van der Waals surface area (Å²) in [4.78, 5) is 20.7. The van der Waals surface area contributed by atoms with Gasteiger partial charge < -0.3 is 4.57 Å². The molecule has 0 aliphatic rings. The number of anilines is 1. The van der Waals surface area contributed by atoms with Crippen molar-refractivity contribution in [1.29, 1.82) is 0 Å². The summed E-state index contributed by atoms with van der Waals surface area (Å²) in [5, 5.41) is 27.2. The van der Waals surface area contributed by atoms with Crippen molar-refractivity contribution in [2.45, 2.75) is 6.54 Å². The van der Waals surface area contributed by atoms with Gasteiger partial charge in [0, 0.05) is 22.5 Å². The van der Waals surface area contributed by atoms with E-state index in [-0.39, 0.29) is 18.0 Å². The average Bonchev–Trinajstić information content (AvgIpc) is 3.12. The van der Waals surface area contributed by atoms with E-state index in [1.54, 1.807) is 18.2 Å². The second kappa shape index (κ2) is 8.64. The molecule has 0 spiro atoms. The Balaban J connectivity index is 1.67. The lowest BCUT2D eigenvalue weighted by atomic mass is 10.2. The number of hydrazone groups is 1. The first kappa shape index (κ1) is 20.7. The Morgan fingerprint density at radius 1 is 0.969 bits per heavy atom. The third-order valence-electron chi connectivity index (χ3n) is 4.90. The molecule has 4 aromatic rings. The highest BCUT2D eigenvalue weighted by Gasteiger charge is 2.19. The van der Waals surface area contributed by atoms with E-state index in [2.05, 4.69) is 10.5 Å². The summed E-state index contributed by atoms with van der Waals surface area (Å²) in [6.07, 6.45) is 1.46. The third kappa shape index (κ3) is 4.15. The van der Waals surface area contributed by atoms with Crippen molar-refractivity contribution in [3.8, 4) is 0 Å². The van der Waals surface area contributed by atoms with Crippen LogP contribution in [0.1, 0.15) is 11.3 Å². The Kier molecular flexibility index (Phi) is 5.58. The maximum Gasteiger partial charge on any atom is 0.301 e. The van der Waals surface area contributed by atoms with Gasteiger partial charge in [-0.1, -0.05) is 36.4 Å². The molecule has 9 nitrogen and oxygen atoms in total. The summed E-state index contributed by atoms with van der Waals surface area (Å²) in [7, 11) is 0. The van der Waals surface area contributed by atoms with Gasteiger partial charge in [0.2, 0.25) is 0 Å². The van der Waals surface area contributed by atoms with Crippen LogP contribution in [0.25, 0.3) is 10.9 Å². The third-order valence-corrected chi connectivity index (χ3v) is 4.90. The van der Waals surface area contributed by atoms with Crippen molar-refractivity contribution in [2.75, 3.05) is 5.43 Å². The summed E-state index contributed by atoms with van der Waals surface area (Å²) in [5.74, 6) is -0.326. The molecule has 1 N–H and O–H groups in total. The molecule has 4 rings (SSSR count). The Morgan fingerprint density at radius 3 is 2.47 bits per heavy atom. The van der Waals surface area contributed by atoms with E-state index < -0.39 is 21.2 Å². The fourth-order valence-corrected chi connectivity index (χ4v) is 3.36. The maximum absolute atomic E-state index is 14.2. The van der Waals surface area contributed by atoms with E-state index in [4.69, 9.17) is 0 Å². The molecule has 0 fully saturated rings. The van der Waals surface area contributed by atoms with E-state index in [1.165, 1.54) is 18.3 Å². The predicted octanol–water partition coefficient (Wildman–Crippen LogP) is 5.09. The molecule has 0 aliphatic heterocycles. The SMILES string of the molecule is O=[N+]([O-])c1ccc(N/N=C/c2cc3ccccc3n2Cc2ccccc2F)c([N+](=O)[O-])c1. The first-order chi connectivity index (χ1) is 15.4. The smallest absolute Gasteiger partial charge is 0.301 e. The van der Waals surface area contributed by atoms with Gasteiger partial charge in [-0.2, -0.15) is 5.10 Å². The maximum atomic E-state index is 14.2. The Hall–Kier alpha value is -4.60. The molecule has 10 heteroatoms. The number of fused-ring (bicyclic) bond motifs is 1. The molecule has 1 aromatic heterocycles. The van der Waals surface area contributed by atoms with Gasteiger partial charge in [0.05, 0.1) is 34.4 Å². The number of aromatic nitrogens is 1. The number of hydrogen-bond acceptors (Lipinski definition) is 6. The van der Waals surface area contributed by atoms with Gasteiger partial charge in [-0.05, 0) is 24.3 Å². The molecule has 0 radical (unpaired) electrons. The summed E-state index contributed by atoms with van der Waals surface area (Å²) in [6.45, 7) is 0.263. The molecule has 0 atom stereocenters. The van der Waals surface area contributed by atoms with Crippen LogP contribution in [0.4, 0.5) is 21.5 Å². The van der Waals surface area contributed by atoms with Crippen molar-refractivity contribution in [3.05, 3.63) is 110 Å². The Labute approximate surface area is 180 Å². The van der Waals surface area contributed by atoms with Gasteiger partial charge in [0.25, 0.3) is 5.69 Å². The number of nitro groups is 2. The van der Waals surface area contributed by atoms with E-state index in [0.29, 0.717) is 11.3 Å². The van der Waals surface area contributed by atoms with Crippen LogP contribution in [-0.4, -0.2) is 20.6 Å². The molecule has 3 aromatic carbocycles. The number of para-hydroxylation sites is 1. The molecular weight excluding hydrogens is 417 g/mol. The van der Waals surface area contributed by atoms with Crippen LogP contribution in [0.2, 0.25) is 0 Å². The monoisotopic (exact) mass is 433 g/mol. The molecule has 0 unspecified atom stereocenters. The van der Waals surface area contributed by atoms with Crippen molar-refractivity contribution >= 4 is 34.2 Å². The van der Waals surface area contributed by atoms with E-state index >= 15 is 0 Å². The number of nitro benzene ring substituents is 2. The summed E-state index contributed by atoms with van der Waals surface area (Å²) in [5.41, 5.74) is 3.74. The molecule has 0 saturated carbocycles. The summed E-state index contributed by atoms with van der Waals surface area (Å²) in [6, 6.07) is 19.2. The molecule has 0 bridgehead atoms. The first-order valence-corrected chi connectivity index (χ1v) is 9.47. The van der Waals surface area contributed by atoms with Gasteiger partial charge >= 0.3 is 5.69 Å². The summed E-state index contributed by atoms with van der Waals surface area (Å²) < 4.78 is 16.1. The first-order valence-electron chi connectivity index (χ1n) is 9.47. The van der Waals surface area contributed by atoms with Crippen LogP contribution in [0, 0.1) is 26.0 Å². The Morgan fingerprint density at radius 2 is 1.72 bits per heavy atom. The Bertz CT molecular complexity index is 1370. The van der Waals surface area contributed by atoms with Crippen LogP contribution >= 0.6 is 0 Å². The molecule has 1 heterocycles. The van der Waals surface area contributed by atoms with E-state index in [9.17, 15) is 24.6 Å². The van der Waals surface area contributed by atoms with Crippen molar-refractivity contribution in [3.63, 3.8) is 0 Å². The van der Waals surface area contributed by atoms with Crippen molar-refractivity contribution in [2.24, 2.45) is 5.10 Å².